The van der Waals surface area contributed by atoms with Gasteiger partial charge in [-0.25, -0.2) is 0 Å². The van der Waals surface area contributed by atoms with Crippen LogP contribution in [0, 0.1) is 0 Å². The van der Waals surface area contributed by atoms with Gasteiger partial charge in [-0.15, -0.1) is 0 Å². The molecule has 0 aliphatic rings. The number of carbonyl (C=O) groups is 1. The van der Waals surface area contributed by atoms with Crippen molar-refractivity contribution in [2.24, 2.45) is 0 Å². The third-order valence-corrected chi connectivity index (χ3v) is 2.97. The van der Waals surface area contributed by atoms with Crippen LogP contribution >= 0.6 is 11.6 Å². The molecule has 1 aromatic heterocycles. The standard InChI is InChI=1S/C13H13ClN2O3/c14-10-5-2-1-4-9(10)8-11-15-12(19-16-11)6-3-7-13(17)18/h1-2,4-5H,3,6-8H2,(H,17,18). The summed E-state index contributed by atoms with van der Waals surface area (Å²) in [6, 6.07) is 7.47. The number of halogens is 1. The third kappa shape index (κ3) is 4.06. The normalized spacial score (nSPS) is 10.6. The maximum Gasteiger partial charge on any atom is 0.303 e. The molecule has 0 aliphatic carbocycles. The minimum absolute atomic E-state index is 0.0994. The van der Waals surface area contributed by atoms with Crippen LogP contribution in [0.3, 0.4) is 0 Å². The number of carboxylic acid groups (broad SMARTS) is 1. The largest absolute Gasteiger partial charge is 0.481 e. The highest BCUT2D eigenvalue weighted by Crippen LogP contribution is 2.17. The van der Waals surface area contributed by atoms with E-state index in [-0.39, 0.29) is 6.42 Å². The van der Waals surface area contributed by atoms with Gasteiger partial charge in [0.15, 0.2) is 5.82 Å². The molecule has 19 heavy (non-hydrogen) atoms. The second-order valence-corrected chi connectivity index (χ2v) is 4.53. The monoisotopic (exact) mass is 280 g/mol. The number of hydrogen-bond acceptors (Lipinski definition) is 4. The first-order valence-corrected chi connectivity index (χ1v) is 6.29. The molecule has 0 atom stereocenters. The van der Waals surface area contributed by atoms with Crippen LogP contribution in [0.4, 0.5) is 0 Å². The molecule has 0 radical (unpaired) electrons. The van der Waals surface area contributed by atoms with Crippen molar-refractivity contribution in [3.8, 4) is 0 Å². The Morgan fingerprint density at radius 3 is 2.89 bits per heavy atom. The van der Waals surface area contributed by atoms with Gasteiger partial charge in [0.25, 0.3) is 0 Å². The lowest BCUT2D eigenvalue weighted by Gasteiger charge is -1.98. The van der Waals surface area contributed by atoms with Crippen LogP contribution in [0.25, 0.3) is 0 Å². The van der Waals surface area contributed by atoms with Crippen molar-refractivity contribution in [3.63, 3.8) is 0 Å². The first-order valence-electron chi connectivity index (χ1n) is 5.92. The molecular weight excluding hydrogens is 268 g/mol. The summed E-state index contributed by atoms with van der Waals surface area (Å²) in [6.07, 6.45) is 1.56. The molecule has 1 N–H and O–H groups in total. The van der Waals surface area contributed by atoms with Crippen LogP contribution in [0.5, 0.6) is 0 Å². The quantitative estimate of drug-likeness (QED) is 0.880. The fraction of sp³-hybridized carbons (Fsp3) is 0.308. The van der Waals surface area contributed by atoms with Crippen LogP contribution in [0.2, 0.25) is 5.02 Å². The highest BCUT2D eigenvalue weighted by atomic mass is 35.5. The van der Waals surface area contributed by atoms with Gasteiger partial charge >= 0.3 is 5.97 Å². The van der Waals surface area contributed by atoms with E-state index < -0.39 is 5.97 Å². The number of aryl methyl sites for hydroxylation is 1. The Labute approximate surface area is 115 Å². The van der Waals surface area contributed by atoms with Gasteiger partial charge in [-0.05, 0) is 18.1 Å². The number of aliphatic carboxylic acids is 1. The molecule has 5 nitrogen and oxygen atoms in total. The lowest BCUT2D eigenvalue weighted by Crippen LogP contribution is -1.96. The number of hydrogen-bond donors (Lipinski definition) is 1. The molecular formula is C13H13ClN2O3. The number of carboxylic acids is 1. The van der Waals surface area contributed by atoms with Gasteiger partial charge in [0, 0.05) is 24.3 Å². The zero-order chi connectivity index (χ0) is 13.7. The fourth-order valence-corrected chi connectivity index (χ4v) is 1.87. The molecule has 0 bridgehead atoms. The number of rotatable bonds is 6. The second kappa shape index (κ2) is 6.33. The van der Waals surface area contributed by atoms with Crippen molar-refractivity contribution < 1.29 is 14.4 Å². The van der Waals surface area contributed by atoms with Gasteiger partial charge in [0.2, 0.25) is 5.89 Å². The molecule has 1 aromatic carbocycles. The van der Waals surface area contributed by atoms with E-state index in [2.05, 4.69) is 10.1 Å². The average Bonchev–Trinajstić information content (AvgIpc) is 2.79. The molecule has 100 valence electrons. The first-order chi connectivity index (χ1) is 9.15. The van der Waals surface area contributed by atoms with Gasteiger partial charge in [0.1, 0.15) is 0 Å². The molecule has 0 spiro atoms. The van der Waals surface area contributed by atoms with Crippen molar-refractivity contribution in [3.05, 3.63) is 46.6 Å². The predicted molar refractivity (Wildman–Crippen MR) is 69.1 cm³/mol. The van der Waals surface area contributed by atoms with Gasteiger partial charge in [0.05, 0.1) is 0 Å². The van der Waals surface area contributed by atoms with Crippen LogP contribution in [-0.4, -0.2) is 21.2 Å². The summed E-state index contributed by atoms with van der Waals surface area (Å²) in [5.41, 5.74) is 0.932. The summed E-state index contributed by atoms with van der Waals surface area (Å²) in [5, 5.41) is 13.1. The summed E-state index contributed by atoms with van der Waals surface area (Å²) >= 11 is 6.05. The zero-order valence-corrected chi connectivity index (χ0v) is 10.9. The third-order valence-electron chi connectivity index (χ3n) is 2.60. The number of benzene rings is 1. The van der Waals surface area contributed by atoms with Crippen LogP contribution in [0.15, 0.2) is 28.8 Å². The molecule has 0 aliphatic heterocycles. The zero-order valence-electron chi connectivity index (χ0n) is 10.2. The second-order valence-electron chi connectivity index (χ2n) is 4.12. The van der Waals surface area contributed by atoms with E-state index in [4.69, 9.17) is 21.2 Å². The van der Waals surface area contributed by atoms with Gasteiger partial charge in [-0.3, -0.25) is 4.79 Å². The Hall–Kier alpha value is -1.88. The van der Waals surface area contributed by atoms with E-state index in [0.717, 1.165) is 5.56 Å². The molecule has 0 saturated heterocycles. The average molecular weight is 281 g/mol. The Morgan fingerprint density at radius 1 is 1.37 bits per heavy atom. The van der Waals surface area contributed by atoms with Crippen molar-refractivity contribution in [1.29, 1.82) is 0 Å². The van der Waals surface area contributed by atoms with E-state index >= 15 is 0 Å². The Morgan fingerprint density at radius 2 is 2.16 bits per heavy atom. The number of aromatic nitrogens is 2. The predicted octanol–water partition coefficient (Wildman–Crippen LogP) is 2.72. The van der Waals surface area contributed by atoms with Crippen LogP contribution in [-0.2, 0) is 17.6 Å². The first kappa shape index (κ1) is 13.5. The Bertz CT molecular complexity index is 569. The lowest BCUT2D eigenvalue weighted by atomic mass is 10.1. The highest BCUT2D eigenvalue weighted by Gasteiger charge is 2.09. The molecule has 2 rings (SSSR count). The Kier molecular flexibility index (Phi) is 4.52. The molecule has 6 heteroatoms. The summed E-state index contributed by atoms with van der Waals surface area (Å²) in [6.45, 7) is 0. The van der Waals surface area contributed by atoms with Gasteiger partial charge in [-0.1, -0.05) is 35.0 Å². The minimum Gasteiger partial charge on any atom is -0.481 e. The molecule has 0 saturated carbocycles. The fourth-order valence-electron chi connectivity index (χ4n) is 1.67. The molecule has 0 fully saturated rings. The highest BCUT2D eigenvalue weighted by molar-refractivity contribution is 6.31. The van der Waals surface area contributed by atoms with Crippen molar-refractivity contribution in [1.82, 2.24) is 10.1 Å². The van der Waals surface area contributed by atoms with Crippen molar-refractivity contribution in [2.45, 2.75) is 25.7 Å². The maximum absolute atomic E-state index is 10.4. The van der Waals surface area contributed by atoms with Crippen molar-refractivity contribution >= 4 is 17.6 Å². The number of nitrogens with zero attached hydrogens (tertiary/aromatic N) is 2. The molecule has 2 aromatic rings. The SMILES string of the molecule is O=C(O)CCCc1nc(Cc2ccccc2Cl)no1. The van der Waals surface area contributed by atoms with Gasteiger partial charge < -0.3 is 9.63 Å². The smallest absolute Gasteiger partial charge is 0.303 e. The van der Waals surface area contributed by atoms with Crippen LogP contribution < -0.4 is 0 Å². The summed E-state index contributed by atoms with van der Waals surface area (Å²) in [7, 11) is 0. The summed E-state index contributed by atoms with van der Waals surface area (Å²) in [4.78, 5) is 14.6. The molecule has 1 heterocycles. The lowest BCUT2D eigenvalue weighted by molar-refractivity contribution is -0.137. The van der Waals surface area contributed by atoms with E-state index in [1.54, 1.807) is 0 Å². The van der Waals surface area contributed by atoms with Crippen molar-refractivity contribution in [2.75, 3.05) is 0 Å². The van der Waals surface area contributed by atoms with E-state index in [0.29, 0.717) is 36.0 Å². The summed E-state index contributed by atoms with van der Waals surface area (Å²) < 4.78 is 5.06. The minimum atomic E-state index is -0.823. The van der Waals surface area contributed by atoms with E-state index in [9.17, 15) is 4.79 Å². The van der Waals surface area contributed by atoms with E-state index in [1.807, 2.05) is 24.3 Å². The van der Waals surface area contributed by atoms with E-state index in [1.165, 1.54) is 0 Å². The Balaban J connectivity index is 1.94. The molecule has 0 unspecified atom stereocenters. The summed E-state index contributed by atoms with van der Waals surface area (Å²) in [5.74, 6) is 0.192. The van der Waals surface area contributed by atoms with Gasteiger partial charge in [-0.2, -0.15) is 4.98 Å². The topological polar surface area (TPSA) is 76.2 Å². The van der Waals surface area contributed by atoms with Crippen LogP contribution in [0.1, 0.15) is 30.1 Å². The maximum atomic E-state index is 10.4. The molecule has 0 amide bonds.